The Balaban J connectivity index is 1.62. The van der Waals surface area contributed by atoms with Crippen LogP contribution >= 0.6 is 11.8 Å². The molecule has 1 aromatic heterocycles. The molecule has 0 bridgehead atoms. The van der Waals surface area contributed by atoms with Crippen molar-refractivity contribution in [3.63, 3.8) is 0 Å². The van der Waals surface area contributed by atoms with Gasteiger partial charge in [-0.1, -0.05) is 12.1 Å². The molecule has 0 fully saturated rings. The van der Waals surface area contributed by atoms with Gasteiger partial charge in [-0.25, -0.2) is 4.98 Å². The molecule has 0 aliphatic carbocycles. The van der Waals surface area contributed by atoms with Crippen molar-refractivity contribution in [1.29, 1.82) is 0 Å². The van der Waals surface area contributed by atoms with E-state index in [-0.39, 0.29) is 12.5 Å². The number of imidazole rings is 1. The highest BCUT2D eigenvalue weighted by molar-refractivity contribution is 7.98. The number of carbonyl (C=O) groups is 1. The molecule has 3 aromatic rings. The van der Waals surface area contributed by atoms with Crippen LogP contribution in [0.2, 0.25) is 0 Å². The van der Waals surface area contributed by atoms with Crippen LogP contribution in [0.3, 0.4) is 0 Å². The monoisotopic (exact) mass is 362 g/mol. The molecular weight excluding hydrogens is 344 g/mol. The topological polar surface area (TPSA) is 59.3 Å². The summed E-state index contributed by atoms with van der Waals surface area (Å²) in [4.78, 5) is 22.9. The molecule has 0 saturated carbocycles. The second-order valence-corrected chi connectivity index (χ2v) is 6.80. The van der Waals surface area contributed by atoms with Gasteiger partial charge in [-0.05, 0) is 48.7 Å². The Hall–Kier alpha value is -2.86. The van der Waals surface area contributed by atoms with Gasteiger partial charge in [0.1, 0.15) is 12.2 Å². The number of carbonyl (C=O) groups excluding carboxylic acids is 1. The Morgan fingerprint density at radius 1 is 1.19 bits per heavy atom. The van der Waals surface area contributed by atoms with E-state index in [2.05, 4.69) is 15.3 Å². The SMILES string of the molecule is CSc1ccc(NC(=O)Cn2c(C3=CCC=N3)nc3ccccc32)cc1. The number of nitrogens with one attached hydrogen (secondary N) is 1. The molecule has 0 saturated heterocycles. The maximum absolute atomic E-state index is 12.6. The Morgan fingerprint density at radius 2 is 2.00 bits per heavy atom. The van der Waals surface area contributed by atoms with Gasteiger partial charge in [0.25, 0.3) is 0 Å². The molecule has 1 N–H and O–H groups in total. The first-order valence-corrected chi connectivity index (χ1v) is 9.59. The highest BCUT2D eigenvalue weighted by Crippen LogP contribution is 2.25. The van der Waals surface area contributed by atoms with E-state index in [4.69, 9.17) is 0 Å². The number of rotatable bonds is 5. The van der Waals surface area contributed by atoms with Crippen molar-refractivity contribution in [3.8, 4) is 0 Å². The summed E-state index contributed by atoms with van der Waals surface area (Å²) in [6.45, 7) is 0.187. The van der Waals surface area contributed by atoms with Crippen LogP contribution in [0.15, 0.2) is 64.5 Å². The fourth-order valence-corrected chi connectivity index (χ4v) is 3.37. The van der Waals surface area contributed by atoms with Crippen molar-refractivity contribution in [3.05, 3.63) is 60.4 Å². The lowest BCUT2D eigenvalue weighted by atomic mass is 10.3. The van der Waals surface area contributed by atoms with Gasteiger partial charge in [0.05, 0.1) is 11.0 Å². The number of amides is 1. The fraction of sp³-hybridized carbons (Fsp3) is 0.150. The van der Waals surface area contributed by atoms with Crippen molar-refractivity contribution < 1.29 is 4.79 Å². The minimum absolute atomic E-state index is 0.0890. The first-order valence-electron chi connectivity index (χ1n) is 8.37. The Bertz CT molecular complexity index is 1020. The van der Waals surface area contributed by atoms with E-state index in [0.717, 1.165) is 39.6 Å². The third-order valence-corrected chi connectivity index (χ3v) is 4.95. The number of hydrogen-bond donors (Lipinski definition) is 1. The number of para-hydroxylation sites is 2. The predicted octanol–water partition coefficient (Wildman–Crippen LogP) is 4.21. The maximum atomic E-state index is 12.6. The standard InChI is InChI=1S/C20H18N4OS/c1-26-15-10-8-14(9-11-15)22-19(25)13-24-18-7-3-2-5-16(18)23-20(24)17-6-4-12-21-17/h2-3,5-12H,4,13H2,1H3,(H,22,25). The number of fused-ring (bicyclic) bond motifs is 1. The van der Waals surface area contributed by atoms with E-state index < -0.39 is 0 Å². The fourth-order valence-electron chi connectivity index (χ4n) is 2.97. The zero-order chi connectivity index (χ0) is 17.9. The minimum Gasteiger partial charge on any atom is -0.325 e. The zero-order valence-electron chi connectivity index (χ0n) is 14.3. The summed E-state index contributed by atoms with van der Waals surface area (Å²) in [7, 11) is 0. The molecule has 130 valence electrons. The highest BCUT2D eigenvalue weighted by Gasteiger charge is 2.17. The van der Waals surface area contributed by atoms with Crippen molar-refractivity contribution in [1.82, 2.24) is 9.55 Å². The van der Waals surface area contributed by atoms with Gasteiger partial charge in [-0.15, -0.1) is 11.8 Å². The van der Waals surface area contributed by atoms with E-state index >= 15 is 0 Å². The van der Waals surface area contributed by atoms with Crippen molar-refractivity contribution in [2.45, 2.75) is 17.9 Å². The minimum atomic E-state index is -0.0890. The van der Waals surface area contributed by atoms with Gasteiger partial charge in [0, 0.05) is 23.2 Å². The number of anilines is 1. The molecule has 0 atom stereocenters. The summed E-state index contributed by atoms with van der Waals surface area (Å²) < 4.78 is 1.93. The van der Waals surface area contributed by atoms with E-state index in [1.54, 1.807) is 11.8 Å². The second-order valence-electron chi connectivity index (χ2n) is 5.92. The summed E-state index contributed by atoms with van der Waals surface area (Å²) in [5.74, 6) is 0.640. The molecular formula is C20H18N4OS. The summed E-state index contributed by atoms with van der Waals surface area (Å²) in [6.07, 6.45) is 6.70. The summed E-state index contributed by atoms with van der Waals surface area (Å²) >= 11 is 1.67. The van der Waals surface area contributed by atoms with E-state index in [0.29, 0.717) is 0 Å². The first-order chi connectivity index (χ1) is 12.7. The molecule has 2 heterocycles. The van der Waals surface area contributed by atoms with Crippen molar-refractivity contribution in [2.24, 2.45) is 4.99 Å². The normalized spacial score (nSPS) is 13.2. The number of allylic oxidation sites excluding steroid dienone is 1. The van der Waals surface area contributed by atoms with Crippen molar-refractivity contribution >= 4 is 46.3 Å². The van der Waals surface area contributed by atoms with E-state index in [1.165, 1.54) is 0 Å². The highest BCUT2D eigenvalue weighted by atomic mass is 32.2. The molecule has 1 aliphatic heterocycles. The lowest BCUT2D eigenvalue weighted by Crippen LogP contribution is -2.19. The summed E-state index contributed by atoms with van der Waals surface area (Å²) in [5.41, 5.74) is 3.40. The van der Waals surface area contributed by atoms with Crippen LogP contribution < -0.4 is 5.32 Å². The third-order valence-electron chi connectivity index (χ3n) is 4.21. The van der Waals surface area contributed by atoms with Crippen LogP contribution in [0.25, 0.3) is 16.7 Å². The average molecular weight is 362 g/mol. The van der Waals surface area contributed by atoms with Crippen molar-refractivity contribution in [2.75, 3.05) is 11.6 Å². The van der Waals surface area contributed by atoms with Gasteiger partial charge < -0.3 is 9.88 Å². The van der Waals surface area contributed by atoms with E-state index in [1.807, 2.05) is 71.6 Å². The predicted molar refractivity (Wildman–Crippen MR) is 108 cm³/mol. The lowest BCUT2D eigenvalue weighted by Gasteiger charge is -2.10. The van der Waals surface area contributed by atoms with Crippen LogP contribution in [0.1, 0.15) is 12.2 Å². The van der Waals surface area contributed by atoms with Crippen LogP contribution in [-0.4, -0.2) is 27.9 Å². The molecule has 0 unspecified atom stereocenters. The van der Waals surface area contributed by atoms with Crippen LogP contribution in [0.5, 0.6) is 0 Å². The third kappa shape index (κ3) is 3.28. The molecule has 26 heavy (non-hydrogen) atoms. The summed E-state index contributed by atoms with van der Waals surface area (Å²) in [6, 6.07) is 15.7. The number of thioether (sulfide) groups is 1. The van der Waals surface area contributed by atoms with Gasteiger partial charge in [0.15, 0.2) is 5.82 Å². The largest absolute Gasteiger partial charge is 0.325 e. The number of hydrogen-bond acceptors (Lipinski definition) is 4. The number of aliphatic imine (C=N–C) groups is 1. The molecule has 1 aliphatic rings. The van der Waals surface area contributed by atoms with Gasteiger partial charge in [0.2, 0.25) is 5.91 Å². The zero-order valence-corrected chi connectivity index (χ0v) is 15.2. The molecule has 0 spiro atoms. The molecule has 2 aromatic carbocycles. The molecule has 1 amide bonds. The maximum Gasteiger partial charge on any atom is 0.244 e. The second kappa shape index (κ2) is 7.17. The van der Waals surface area contributed by atoms with Gasteiger partial charge in [-0.3, -0.25) is 9.79 Å². The van der Waals surface area contributed by atoms with Crippen LogP contribution in [0.4, 0.5) is 5.69 Å². The quantitative estimate of drug-likeness (QED) is 0.692. The lowest BCUT2D eigenvalue weighted by molar-refractivity contribution is -0.116. The Kier molecular flexibility index (Phi) is 4.58. The molecule has 0 radical (unpaired) electrons. The number of benzene rings is 2. The smallest absolute Gasteiger partial charge is 0.244 e. The molecule has 5 nitrogen and oxygen atoms in total. The van der Waals surface area contributed by atoms with E-state index in [9.17, 15) is 4.79 Å². The van der Waals surface area contributed by atoms with Gasteiger partial charge in [-0.2, -0.15) is 0 Å². The van der Waals surface area contributed by atoms with Crippen LogP contribution in [-0.2, 0) is 11.3 Å². The van der Waals surface area contributed by atoms with Crippen LogP contribution in [0, 0.1) is 0 Å². The Morgan fingerprint density at radius 3 is 2.73 bits per heavy atom. The Labute approximate surface area is 155 Å². The number of aromatic nitrogens is 2. The first kappa shape index (κ1) is 16.6. The van der Waals surface area contributed by atoms with Gasteiger partial charge >= 0.3 is 0 Å². The average Bonchev–Trinajstić information content (AvgIpc) is 3.31. The molecule has 6 heteroatoms. The number of nitrogens with zero attached hydrogens (tertiary/aromatic N) is 3. The molecule has 4 rings (SSSR count). The summed E-state index contributed by atoms with van der Waals surface area (Å²) in [5, 5.41) is 2.96.